The van der Waals surface area contributed by atoms with Crippen molar-refractivity contribution in [2.75, 3.05) is 5.32 Å². The van der Waals surface area contributed by atoms with Crippen LogP contribution in [0.25, 0.3) is 0 Å². The molecular weight excluding hydrogens is 453 g/mol. The van der Waals surface area contributed by atoms with E-state index in [9.17, 15) is 19.5 Å². The molecule has 9 heteroatoms. The number of carbonyl (C=O) groups excluding carboxylic acids is 1. The molecule has 32 heavy (non-hydrogen) atoms. The molecule has 0 radical (unpaired) electrons. The second-order valence-electron chi connectivity index (χ2n) is 7.22. The maximum Gasteiger partial charge on any atom is 0.319 e. The molecule has 1 aromatic heterocycles. The predicted molar refractivity (Wildman–Crippen MR) is 125 cm³/mol. The molecule has 1 unspecified atom stereocenters. The zero-order valence-corrected chi connectivity index (χ0v) is 18.7. The van der Waals surface area contributed by atoms with Crippen molar-refractivity contribution >= 4 is 40.9 Å². The zero-order valence-electron chi connectivity index (χ0n) is 17.1. The predicted octanol–water partition coefficient (Wildman–Crippen LogP) is 4.85. The number of halogens is 2. The van der Waals surface area contributed by atoms with Crippen LogP contribution in [0.4, 0.5) is 10.5 Å². The second-order valence-corrected chi connectivity index (χ2v) is 8.04. The van der Waals surface area contributed by atoms with Gasteiger partial charge in [-0.3, -0.25) is 9.59 Å². The van der Waals surface area contributed by atoms with Crippen LogP contribution in [-0.2, 0) is 11.3 Å². The van der Waals surface area contributed by atoms with Crippen molar-refractivity contribution in [2.45, 2.75) is 25.9 Å². The number of hydrogen-bond acceptors (Lipinski definition) is 3. The van der Waals surface area contributed by atoms with Crippen molar-refractivity contribution in [2.24, 2.45) is 0 Å². The first-order valence-corrected chi connectivity index (χ1v) is 10.5. The number of carbonyl (C=O) groups is 2. The van der Waals surface area contributed by atoms with Crippen molar-refractivity contribution < 1.29 is 14.7 Å². The fourth-order valence-corrected chi connectivity index (χ4v) is 3.51. The molecule has 2 aromatic carbocycles. The summed E-state index contributed by atoms with van der Waals surface area (Å²) in [4.78, 5) is 36.8. The van der Waals surface area contributed by atoms with Crippen LogP contribution in [0.1, 0.15) is 29.2 Å². The quantitative estimate of drug-likeness (QED) is 0.456. The van der Waals surface area contributed by atoms with E-state index in [0.29, 0.717) is 10.6 Å². The molecule has 0 aliphatic heterocycles. The van der Waals surface area contributed by atoms with Crippen molar-refractivity contribution in [3.05, 3.63) is 97.9 Å². The summed E-state index contributed by atoms with van der Waals surface area (Å²) in [5.74, 6) is -1.07. The fourth-order valence-electron chi connectivity index (χ4n) is 3.13. The summed E-state index contributed by atoms with van der Waals surface area (Å²) in [7, 11) is 0. The van der Waals surface area contributed by atoms with Crippen LogP contribution >= 0.6 is 23.2 Å². The number of carboxylic acid groups (broad SMARTS) is 1. The first-order valence-electron chi connectivity index (χ1n) is 9.73. The molecule has 3 rings (SSSR count). The smallest absolute Gasteiger partial charge is 0.319 e. The lowest BCUT2D eigenvalue weighted by molar-refractivity contribution is -0.137. The van der Waals surface area contributed by atoms with Gasteiger partial charge in [0.15, 0.2) is 0 Å². The van der Waals surface area contributed by atoms with E-state index in [4.69, 9.17) is 23.2 Å². The van der Waals surface area contributed by atoms with E-state index >= 15 is 0 Å². The number of benzene rings is 2. The minimum absolute atomic E-state index is 0.0608. The Morgan fingerprint density at radius 3 is 2.38 bits per heavy atom. The first kappa shape index (κ1) is 23.4. The lowest BCUT2D eigenvalue weighted by Crippen LogP contribution is -2.36. The van der Waals surface area contributed by atoms with E-state index in [-0.39, 0.29) is 23.7 Å². The van der Waals surface area contributed by atoms with Gasteiger partial charge in [0, 0.05) is 11.2 Å². The van der Waals surface area contributed by atoms with Crippen molar-refractivity contribution in [1.82, 2.24) is 9.88 Å². The molecule has 1 heterocycles. The molecular formula is C23H21Cl2N3O4. The number of nitrogens with zero attached hydrogens (tertiary/aromatic N) is 1. The van der Waals surface area contributed by atoms with Gasteiger partial charge in [-0.25, -0.2) is 4.79 Å². The molecule has 0 bridgehead atoms. The zero-order chi connectivity index (χ0) is 23.3. The lowest BCUT2D eigenvalue weighted by Gasteiger charge is -2.19. The Kier molecular flexibility index (Phi) is 7.56. The summed E-state index contributed by atoms with van der Waals surface area (Å²) >= 11 is 12.3. The number of aryl methyl sites for hydroxylation is 1. The number of pyridine rings is 1. The van der Waals surface area contributed by atoms with E-state index in [1.54, 1.807) is 30.3 Å². The van der Waals surface area contributed by atoms with Gasteiger partial charge in [-0.05, 0) is 30.2 Å². The molecule has 0 saturated heterocycles. The third-order valence-corrected chi connectivity index (χ3v) is 5.50. The molecule has 3 aromatic rings. The maximum atomic E-state index is 12.9. The number of hydrogen-bond donors (Lipinski definition) is 3. The average Bonchev–Trinajstić information content (AvgIpc) is 2.74. The highest BCUT2D eigenvalue weighted by molar-refractivity contribution is 6.33. The van der Waals surface area contributed by atoms with E-state index in [2.05, 4.69) is 10.6 Å². The number of aliphatic carboxylic acids is 1. The summed E-state index contributed by atoms with van der Waals surface area (Å²) in [6.45, 7) is 2.10. The maximum absolute atomic E-state index is 12.9. The van der Waals surface area contributed by atoms with Crippen LogP contribution in [0.15, 0.2) is 65.6 Å². The van der Waals surface area contributed by atoms with E-state index in [1.807, 2.05) is 25.1 Å². The molecule has 1 atom stereocenters. The summed E-state index contributed by atoms with van der Waals surface area (Å²) in [5.41, 5.74) is 1.73. The summed E-state index contributed by atoms with van der Waals surface area (Å²) in [6, 6.07) is 14.2. The fraction of sp³-hybridized carbons (Fsp3) is 0.174. The normalized spacial score (nSPS) is 11.6. The molecule has 0 saturated carbocycles. The van der Waals surface area contributed by atoms with Gasteiger partial charge < -0.3 is 20.3 Å². The third kappa shape index (κ3) is 5.90. The van der Waals surface area contributed by atoms with Crippen LogP contribution in [0.2, 0.25) is 10.0 Å². The van der Waals surface area contributed by atoms with E-state index in [1.165, 1.54) is 16.8 Å². The topological polar surface area (TPSA) is 100 Å². The van der Waals surface area contributed by atoms with Crippen LogP contribution < -0.4 is 16.2 Å². The van der Waals surface area contributed by atoms with Gasteiger partial charge in [0.2, 0.25) is 0 Å². The monoisotopic (exact) mass is 473 g/mol. The number of carboxylic acids is 1. The summed E-state index contributed by atoms with van der Waals surface area (Å²) < 4.78 is 1.37. The molecule has 3 N–H and O–H groups in total. The Bertz CT molecular complexity index is 1190. The van der Waals surface area contributed by atoms with Crippen LogP contribution in [0, 0.1) is 6.92 Å². The average molecular weight is 474 g/mol. The number of amides is 2. The molecule has 166 valence electrons. The third-order valence-electron chi connectivity index (χ3n) is 4.82. The SMILES string of the molecule is Cc1ccc(C(CC(=O)O)NC(=O)Nc2c(Cl)ccn(Cc3ccccc3Cl)c2=O)cc1. The van der Waals surface area contributed by atoms with Gasteiger partial charge in [0.25, 0.3) is 5.56 Å². The van der Waals surface area contributed by atoms with Gasteiger partial charge in [0.05, 0.1) is 24.0 Å². The number of aromatic nitrogens is 1. The number of nitrogens with one attached hydrogen (secondary N) is 2. The van der Waals surface area contributed by atoms with Crippen LogP contribution in [0.3, 0.4) is 0 Å². The van der Waals surface area contributed by atoms with Gasteiger partial charge in [-0.15, -0.1) is 0 Å². The lowest BCUT2D eigenvalue weighted by atomic mass is 10.0. The molecule has 2 amide bonds. The molecule has 7 nitrogen and oxygen atoms in total. The first-order chi connectivity index (χ1) is 15.2. The number of urea groups is 1. The number of rotatable bonds is 7. The Morgan fingerprint density at radius 2 is 1.72 bits per heavy atom. The molecule has 0 aliphatic rings. The molecule has 0 spiro atoms. The summed E-state index contributed by atoms with van der Waals surface area (Å²) in [6.07, 6.45) is 1.19. The van der Waals surface area contributed by atoms with Gasteiger partial charge in [-0.1, -0.05) is 71.2 Å². The van der Waals surface area contributed by atoms with Crippen molar-refractivity contribution in [1.29, 1.82) is 0 Å². The number of anilines is 1. The Morgan fingerprint density at radius 1 is 1.03 bits per heavy atom. The van der Waals surface area contributed by atoms with Crippen LogP contribution in [0.5, 0.6) is 0 Å². The van der Waals surface area contributed by atoms with Gasteiger partial charge in [0.1, 0.15) is 5.69 Å². The minimum atomic E-state index is -1.07. The molecule has 0 aliphatic carbocycles. The largest absolute Gasteiger partial charge is 0.481 e. The van der Waals surface area contributed by atoms with Crippen molar-refractivity contribution in [3.63, 3.8) is 0 Å². The Labute approximate surface area is 194 Å². The van der Waals surface area contributed by atoms with Crippen LogP contribution in [-0.4, -0.2) is 21.7 Å². The minimum Gasteiger partial charge on any atom is -0.481 e. The highest BCUT2D eigenvalue weighted by Crippen LogP contribution is 2.21. The standard InChI is InChI=1S/C23H21Cl2N3O4/c1-14-6-8-15(9-7-14)19(12-20(29)30)26-23(32)27-21-18(25)10-11-28(22(21)31)13-16-4-2-3-5-17(16)24/h2-11,19H,12-13H2,1H3,(H,29,30)(H2,26,27,32). The van der Waals surface area contributed by atoms with Gasteiger partial charge in [-0.2, -0.15) is 0 Å². The highest BCUT2D eigenvalue weighted by Gasteiger charge is 2.20. The summed E-state index contributed by atoms with van der Waals surface area (Å²) in [5, 5.41) is 14.9. The Balaban J connectivity index is 1.81. The second kappa shape index (κ2) is 10.3. The Hall–Kier alpha value is -3.29. The van der Waals surface area contributed by atoms with E-state index in [0.717, 1.165) is 11.1 Å². The van der Waals surface area contributed by atoms with Crippen molar-refractivity contribution in [3.8, 4) is 0 Å². The van der Waals surface area contributed by atoms with E-state index < -0.39 is 23.6 Å². The highest BCUT2D eigenvalue weighted by atomic mass is 35.5. The molecule has 0 fully saturated rings. The van der Waals surface area contributed by atoms with Gasteiger partial charge >= 0.3 is 12.0 Å².